The Labute approximate surface area is 386 Å². The van der Waals surface area contributed by atoms with Gasteiger partial charge in [0.25, 0.3) is 0 Å². The van der Waals surface area contributed by atoms with Gasteiger partial charge < -0.3 is 4.90 Å². The minimum Gasteiger partial charge on any atom is -0.310 e. The summed E-state index contributed by atoms with van der Waals surface area (Å²) in [6.07, 6.45) is 0. The Hall–Kier alpha value is -7.56. The summed E-state index contributed by atoms with van der Waals surface area (Å²) in [4.78, 5) is 1.94. The molecule has 2 heterocycles. The summed E-state index contributed by atoms with van der Waals surface area (Å²) in [5.41, 5.74) is 10.9. The lowest BCUT2D eigenvalue weighted by Gasteiger charge is -2.35. The molecule has 10 aromatic carbocycles. The van der Waals surface area contributed by atoms with Crippen LogP contribution in [-0.2, 0) is 5.41 Å². The van der Waals surface area contributed by atoms with Crippen molar-refractivity contribution in [3.63, 3.8) is 0 Å². The van der Waals surface area contributed by atoms with E-state index in [0.29, 0.717) is 11.1 Å². The molecule has 0 N–H and O–H groups in total. The van der Waals surface area contributed by atoms with Gasteiger partial charge in [-0.25, -0.2) is 0 Å². The predicted molar refractivity (Wildman–Crippen MR) is 275 cm³/mol. The summed E-state index contributed by atoms with van der Waals surface area (Å²) in [7, 11) is 0. The molecule has 12 aromatic rings. The van der Waals surface area contributed by atoms with E-state index in [-0.39, 0.29) is 29.9 Å². The van der Waals surface area contributed by atoms with Crippen molar-refractivity contribution in [2.75, 3.05) is 4.90 Å². The molecule has 0 bridgehead atoms. The number of rotatable bonds is 7. The molecule has 1 aliphatic carbocycles. The van der Waals surface area contributed by atoms with Crippen LogP contribution in [0.15, 0.2) is 236 Å². The molecule has 0 saturated heterocycles. The number of thiophene rings is 2. The van der Waals surface area contributed by atoms with Gasteiger partial charge in [-0.2, -0.15) is 0 Å². The summed E-state index contributed by atoms with van der Waals surface area (Å²) in [5.74, 6) is 0. The van der Waals surface area contributed by atoms with Gasteiger partial charge in [-0.3, -0.25) is 0 Å². The van der Waals surface area contributed by atoms with Crippen LogP contribution < -0.4 is 4.90 Å². The van der Waals surface area contributed by atoms with Crippen LogP contribution in [0.2, 0.25) is 0 Å². The van der Waals surface area contributed by atoms with Crippen LogP contribution >= 0.6 is 22.7 Å². The summed E-state index contributed by atoms with van der Waals surface area (Å²) >= 11 is 3.42. The second kappa shape index (κ2) is 14.8. The Kier molecular flexibility index (Phi) is 7.63. The first-order valence-corrected chi connectivity index (χ1v) is 23.2. The Morgan fingerprint density at radius 1 is 0.344 bits per heavy atom. The maximum atomic E-state index is 9.97. The Bertz CT molecular complexity index is 3900. The highest BCUT2D eigenvalue weighted by molar-refractivity contribution is 7.26. The molecule has 1 nitrogen and oxygen atoms in total. The van der Waals surface area contributed by atoms with Gasteiger partial charge in [0.05, 0.1) is 10.9 Å². The molecule has 1 aliphatic rings. The van der Waals surface area contributed by atoms with Crippen LogP contribution in [0.3, 0.4) is 0 Å². The van der Waals surface area contributed by atoms with E-state index < -0.39 is 5.41 Å². The maximum absolute atomic E-state index is 9.97. The minimum absolute atomic E-state index is 0.0829. The van der Waals surface area contributed by atoms with Crippen molar-refractivity contribution >= 4 is 80.1 Å². The summed E-state index contributed by atoms with van der Waals surface area (Å²) < 4.78 is 44.0. The largest absolute Gasteiger partial charge is 0.310 e. The molecule has 2 aromatic heterocycles. The summed E-state index contributed by atoms with van der Waals surface area (Å²) in [6.45, 7) is 0. The number of nitrogens with zero attached hydrogens (tertiary/aromatic N) is 1. The van der Waals surface area contributed by atoms with Gasteiger partial charge in [0, 0.05) is 57.4 Å². The molecule has 0 aliphatic heterocycles. The third-order valence-electron chi connectivity index (χ3n) is 13.1. The number of hydrogen-bond acceptors (Lipinski definition) is 3. The van der Waals surface area contributed by atoms with Gasteiger partial charge in [0.1, 0.15) is 0 Å². The zero-order chi connectivity index (χ0) is 45.7. The first-order chi connectivity index (χ1) is 33.4. The van der Waals surface area contributed by atoms with Crippen LogP contribution in [0.5, 0.6) is 0 Å². The van der Waals surface area contributed by atoms with Gasteiger partial charge in [0.15, 0.2) is 0 Å². The fourth-order valence-electron chi connectivity index (χ4n) is 10.2. The van der Waals surface area contributed by atoms with Gasteiger partial charge >= 0.3 is 0 Å². The number of fused-ring (bicyclic) bond motifs is 9. The lowest BCUT2D eigenvalue weighted by Crippen LogP contribution is -2.28. The molecule has 0 atom stereocenters. The van der Waals surface area contributed by atoms with E-state index in [1.165, 1.54) is 25.7 Å². The molecule has 0 unspecified atom stereocenters. The van der Waals surface area contributed by atoms with Crippen LogP contribution in [0, 0.1) is 0 Å². The highest BCUT2D eigenvalue weighted by Crippen LogP contribution is 2.57. The Morgan fingerprint density at radius 3 is 1.45 bits per heavy atom. The number of hydrogen-bond donors (Lipinski definition) is 0. The maximum Gasteiger partial charge on any atom is 0.0714 e. The van der Waals surface area contributed by atoms with E-state index in [1.54, 1.807) is 22.7 Å². The van der Waals surface area contributed by atoms with E-state index in [1.807, 2.05) is 29.2 Å². The van der Waals surface area contributed by atoms with Crippen LogP contribution in [0.25, 0.3) is 73.7 Å². The van der Waals surface area contributed by atoms with Crippen molar-refractivity contribution in [2.24, 2.45) is 0 Å². The lowest BCUT2D eigenvalue weighted by atomic mass is 9.67. The number of benzene rings is 10. The van der Waals surface area contributed by atoms with Crippen LogP contribution in [0.1, 0.15) is 27.7 Å². The van der Waals surface area contributed by atoms with Crippen molar-refractivity contribution in [2.45, 2.75) is 5.41 Å². The fourth-order valence-corrected chi connectivity index (χ4v) is 12.7. The molecule has 0 radical (unpaired) electrons. The average molecular weight is 854 g/mol. The zero-order valence-corrected chi connectivity index (χ0v) is 36.1. The number of anilines is 3. The molecule has 0 spiro atoms. The van der Waals surface area contributed by atoms with Crippen molar-refractivity contribution in [3.8, 4) is 33.4 Å². The van der Waals surface area contributed by atoms with E-state index in [9.17, 15) is 5.48 Å². The smallest absolute Gasteiger partial charge is 0.0714 e. The second-order valence-electron chi connectivity index (χ2n) is 16.4. The molecule has 0 fully saturated rings. The zero-order valence-electron chi connectivity index (χ0n) is 38.5. The Balaban J connectivity index is 1.05. The standard InChI is InChI=1S/C61H39NS2/c1-3-15-42(16-4-1)61(43-17-5-2-6-18-43)55-26-10-7-19-49(55)50-38-37-46(39-56(50)61)62(44-33-29-40(30-34-44)47-22-13-24-53-51-20-8-11-27-57(51)63-59(47)53)45-35-31-41(32-36-45)48-23-14-25-54-52-21-9-12-28-58(52)64-60(48)54/h1-39H/i29D,30D,33D,34D. The normalized spacial score (nSPS) is 13.7. The van der Waals surface area contributed by atoms with E-state index in [2.05, 4.69) is 188 Å². The Morgan fingerprint density at radius 2 is 0.828 bits per heavy atom. The van der Waals surface area contributed by atoms with Crippen LogP contribution in [0.4, 0.5) is 17.1 Å². The highest BCUT2D eigenvalue weighted by atomic mass is 32.1. The van der Waals surface area contributed by atoms with Gasteiger partial charge in [-0.05, 0) is 104 Å². The highest BCUT2D eigenvalue weighted by Gasteiger charge is 2.46. The van der Waals surface area contributed by atoms with Crippen LogP contribution in [-0.4, -0.2) is 0 Å². The molecular weight excluding hydrogens is 811 g/mol. The molecule has 300 valence electrons. The molecule has 64 heavy (non-hydrogen) atoms. The second-order valence-corrected chi connectivity index (χ2v) is 18.5. The van der Waals surface area contributed by atoms with E-state index >= 15 is 0 Å². The lowest BCUT2D eigenvalue weighted by molar-refractivity contribution is 0.768. The minimum atomic E-state index is -0.690. The monoisotopic (exact) mass is 853 g/mol. The molecule has 0 amide bonds. The summed E-state index contributed by atoms with van der Waals surface area (Å²) in [5, 5.41) is 4.62. The molecular formula is C61H39NS2. The first kappa shape index (κ1) is 33.1. The van der Waals surface area contributed by atoms with Crippen molar-refractivity contribution < 1.29 is 5.48 Å². The quantitative estimate of drug-likeness (QED) is 0.154. The summed E-state index contributed by atoms with van der Waals surface area (Å²) in [6, 6.07) is 73.7. The average Bonchev–Trinajstić information content (AvgIpc) is 4.07. The molecule has 0 saturated carbocycles. The van der Waals surface area contributed by atoms with Gasteiger partial charge in [-0.1, -0.05) is 188 Å². The predicted octanol–water partition coefficient (Wildman–Crippen LogP) is 17.6. The first-order valence-electron chi connectivity index (χ1n) is 23.6. The van der Waals surface area contributed by atoms with E-state index in [4.69, 9.17) is 0 Å². The molecule has 13 rings (SSSR count). The van der Waals surface area contributed by atoms with Gasteiger partial charge in [0.2, 0.25) is 0 Å². The van der Waals surface area contributed by atoms with Gasteiger partial charge in [-0.15, -0.1) is 22.7 Å². The third-order valence-corrected chi connectivity index (χ3v) is 15.5. The van der Waals surface area contributed by atoms with Crippen molar-refractivity contribution in [3.05, 3.63) is 259 Å². The van der Waals surface area contributed by atoms with Crippen molar-refractivity contribution in [1.82, 2.24) is 0 Å². The third kappa shape index (κ3) is 5.61. The fraction of sp³-hybridized carbons (Fsp3) is 0.0164. The SMILES string of the molecule is [2H]c1c([2H])c(N(c2ccc(-c3cccc4c3sc3ccccc34)cc2)c2ccc3c(c2)C(c2ccccc2)(c2ccccc2)c2ccccc2-3)c([2H])c([2H])c1-c1cccc2c1sc1ccccc12. The topological polar surface area (TPSA) is 3.24 Å². The molecule has 3 heteroatoms. The van der Waals surface area contributed by atoms with E-state index in [0.717, 1.165) is 70.5 Å². The van der Waals surface area contributed by atoms with Crippen molar-refractivity contribution in [1.29, 1.82) is 0 Å².